The number of hydrogen-bond donors (Lipinski definition) is 3. The first-order valence-corrected chi connectivity index (χ1v) is 13.8. The van der Waals surface area contributed by atoms with Crippen LogP contribution in [0.25, 0.3) is 28.2 Å². The molecular formula is C30H34N6O. The Hall–Kier alpha value is -3.29. The number of hydrogen-bond acceptors (Lipinski definition) is 6. The number of aromatic nitrogens is 4. The Labute approximate surface area is 217 Å². The van der Waals surface area contributed by atoms with Gasteiger partial charge in [0.15, 0.2) is 5.82 Å². The lowest BCUT2D eigenvalue weighted by molar-refractivity contribution is 0.126. The standard InChI is InChI=1S/C30H34N6O/c31-30(17-4-18-30)22-11-9-20(10-12-22)26-25(19-5-2-1-3-6-19)28(32-23-13-15-24(37)16-14-23)36-29(33-26)34-27(35-36)21-7-8-21/h1-3,5-6,9-12,21,23-24,32,37H,4,7-8,13-18,31H2. The van der Waals surface area contributed by atoms with Crippen molar-refractivity contribution in [2.45, 2.75) is 81.4 Å². The second-order valence-corrected chi connectivity index (χ2v) is 11.2. The van der Waals surface area contributed by atoms with Crippen molar-refractivity contribution in [2.24, 2.45) is 5.73 Å². The van der Waals surface area contributed by atoms with Crippen LogP contribution < -0.4 is 11.1 Å². The van der Waals surface area contributed by atoms with Crippen molar-refractivity contribution in [1.82, 2.24) is 19.6 Å². The summed E-state index contributed by atoms with van der Waals surface area (Å²) in [6.07, 6.45) is 8.82. The molecule has 0 radical (unpaired) electrons. The van der Waals surface area contributed by atoms with Gasteiger partial charge in [0, 0.05) is 23.1 Å². The number of anilines is 1. The van der Waals surface area contributed by atoms with Gasteiger partial charge in [0.1, 0.15) is 5.82 Å². The Kier molecular flexibility index (Phi) is 5.52. The molecule has 37 heavy (non-hydrogen) atoms. The third-order valence-electron chi connectivity index (χ3n) is 8.53. The summed E-state index contributed by atoms with van der Waals surface area (Å²) in [4.78, 5) is 10.0. The maximum Gasteiger partial charge on any atom is 0.254 e. The molecule has 4 N–H and O–H groups in total. The van der Waals surface area contributed by atoms with Crippen molar-refractivity contribution in [2.75, 3.05) is 5.32 Å². The molecule has 0 atom stereocenters. The van der Waals surface area contributed by atoms with Gasteiger partial charge in [-0.1, -0.05) is 54.6 Å². The van der Waals surface area contributed by atoms with Gasteiger partial charge in [-0.2, -0.15) is 9.50 Å². The van der Waals surface area contributed by atoms with E-state index in [-0.39, 0.29) is 17.7 Å². The highest BCUT2D eigenvalue weighted by Gasteiger charge is 2.34. The van der Waals surface area contributed by atoms with Crippen LogP contribution in [0.15, 0.2) is 54.6 Å². The summed E-state index contributed by atoms with van der Waals surface area (Å²) in [5.41, 5.74) is 11.7. The molecule has 190 valence electrons. The highest BCUT2D eigenvalue weighted by molar-refractivity contribution is 5.89. The van der Waals surface area contributed by atoms with E-state index in [1.54, 1.807) is 0 Å². The summed E-state index contributed by atoms with van der Waals surface area (Å²) in [6.45, 7) is 0. The van der Waals surface area contributed by atoms with E-state index in [9.17, 15) is 5.11 Å². The number of aliphatic hydroxyl groups excluding tert-OH is 1. The Morgan fingerprint density at radius 3 is 2.24 bits per heavy atom. The van der Waals surface area contributed by atoms with Crippen LogP contribution in [0.5, 0.6) is 0 Å². The lowest BCUT2D eigenvalue weighted by Gasteiger charge is -2.38. The fourth-order valence-corrected chi connectivity index (χ4v) is 5.87. The molecule has 0 spiro atoms. The van der Waals surface area contributed by atoms with Crippen molar-refractivity contribution >= 4 is 11.6 Å². The normalized spacial score (nSPS) is 23.1. The van der Waals surface area contributed by atoms with E-state index >= 15 is 0 Å². The maximum atomic E-state index is 10.1. The highest BCUT2D eigenvalue weighted by atomic mass is 16.3. The van der Waals surface area contributed by atoms with Crippen LogP contribution in [-0.4, -0.2) is 36.8 Å². The van der Waals surface area contributed by atoms with Crippen molar-refractivity contribution in [3.63, 3.8) is 0 Å². The molecule has 3 aliphatic carbocycles. The number of nitrogens with one attached hydrogen (secondary N) is 1. The van der Waals surface area contributed by atoms with Gasteiger partial charge in [0.2, 0.25) is 0 Å². The molecule has 0 bridgehead atoms. The summed E-state index contributed by atoms with van der Waals surface area (Å²) < 4.78 is 1.92. The average molecular weight is 495 g/mol. The first-order chi connectivity index (χ1) is 18.1. The van der Waals surface area contributed by atoms with Gasteiger partial charge < -0.3 is 16.2 Å². The minimum absolute atomic E-state index is 0.192. The molecule has 2 aromatic carbocycles. The van der Waals surface area contributed by atoms with E-state index in [4.69, 9.17) is 20.8 Å². The third-order valence-corrected chi connectivity index (χ3v) is 8.53. The van der Waals surface area contributed by atoms with E-state index in [0.717, 1.165) is 85.4 Å². The molecular weight excluding hydrogens is 460 g/mol. The maximum absolute atomic E-state index is 10.1. The van der Waals surface area contributed by atoms with Gasteiger partial charge in [0.25, 0.3) is 5.78 Å². The van der Waals surface area contributed by atoms with Crippen LogP contribution in [0.1, 0.15) is 75.1 Å². The number of benzene rings is 2. The number of aliphatic hydroxyl groups is 1. The molecule has 0 saturated heterocycles. The molecule has 2 aromatic heterocycles. The van der Waals surface area contributed by atoms with E-state index in [1.165, 1.54) is 12.0 Å². The number of nitrogens with zero attached hydrogens (tertiary/aromatic N) is 4. The average Bonchev–Trinajstić information content (AvgIpc) is 3.68. The van der Waals surface area contributed by atoms with E-state index in [0.29, 0.717) is 11.7 Å². The molecule has 2 heterocycles. The Morgan fingerprint density at radius 1 is 0.865 bits per heavy atom. The summed E-state index contributed by atoms with van der Waals surface area (Å²) in [5, 5.41) is 18.9. The molecule has 0 amide bonds. The zero-order valence-corrected chi connectivity index (χ0v) is 21.1. The highest BCUT2D eigenvalue weighted by Crippen LogP contribution is 2.43. The quantitative estimate of drug-likeness (QED) is 0.332. The van der Waals surface area contributed by atoms with Crippen molar-refractivity contribution < 1.29 is 5.11 Å². The van der Waals surface area contributed by atoms with E-state index in [2.05, 4.69) is 53.8 Å². The predicted molar refractivity (Wildman–Crippen MR) is 145 cm³/mol. The fourth-order valence-electron chi connectivity index (χ4n) is 5.87. The first-order valence-electron chi connectivity index (χ1n) is 13.8. The Balaban J connectivity index is 1.40. The number of rotatable bonds is 6. The van der Waals surface area contributed by atoms with Crippen LogP contribution in [0.2, 0.25) is 0 Å². The molecule has 3 aliphatic rings. The van der Waals surface area contributed by atoms with Gasteiger partial charge in [-0.25, -0.2) is 4.98 Å². The largest absolute Gasteiger partial charge is 0.393 e. The Morgan fingerprint density at radius 2 is 1.59 bits per heavy atom. The lowest BCUT2D eigenvalue weighted by atomic mass is 9.72. The molecule has 3 saturated carbocycles. The summed E-state index contributed by atoms with van der Waals surface area (Å²) >= 11 is 0. The monoisotopic (exact) mass is 494 g/mol. The minimum Gasteiger partial charge on any atom is -0.393 e. The van der Waals surface area contributed by atoms with Crippen LogP contribution in [-0.2, 0) is 5.54 Å². The van der Waals surface area contributed by atoms with Gasteiger partial charge in [-0.3, -0.25) is 0 Å². The van der Waals surface area contributed by atoms with Crippen molar-refractivity contribution in [3.8, 4) is 22.4 Å². The van der Waals surface area contributed by atoms with Crippen LogP contribution in [0.3, 0.4) is 0 Å². The van der Waals surface area contributed by atoms with E-state index in [1.807, 2.05) is 10.6 Å². The van der Waals surface area contributed by atoms with Crippen LogP contribution >= 0.6 is 0 Å². The first kappa shape index (κ1) is 22.9. The summed E-state index contributed by atoms with van der Waals surface area (Å²) in [6, 6.07) is 19.4. The topological polar surface area (TPSA) is 101 Å². The Bertz CT molecular complexity index is 1410. The predicted octanol–water partition coefficient (Wildman–Crippen LogP) is 5.39. The molecule has 3 fully saturated rings. The van der Waals surface area contributed by atoms with Crippen LogP contribution in [0.4, 0.5) is 5.82 Å². The zero-order chi connectivity index (χ0) is 25.0. The molecule has 7 rings (SSSR count). The van der Waals surface area contributed by atoms with Gasteiger partial charge in [-0.15, -0.1) is 5.10 Å². The van der Waals surface area contributed by atoms with Crippen LogP contribution in [0, 0.1) is 0 Å². The van der Waals surface area contributed by atoms with Crippen molar-refractivity contribution in [3.05, 3.63) is 66.0 Å². The zero-order valence-electron chi connectivity index (χ0n) is 21.1. The second-order valence-electron chi connectivity index (χ2n) is 11.2. The van der Waals surface area contributed by atoms with Crippen molar-refractivity contribution in [1.29, 1.82) is 0 Å². The minimum atomic E-state index is -0.201. The molecule has 0 aliphatic heterocycles. The van der Waals surface area contributed by atoms with E-state index < -0.39 is 0 Å². The molecule has 0 unspecified atom stereocenters. The third kappa shape index (κ3) is 4.20. The number of fused-ring (bicyclic) bond motifs is 1. The summed E-state index contributed by atoms with van der Waals surface area (Å²) in [5.74, 6) is 2.89. The SMILES string of the molecule is NC1(c2ccc(-c3nc4nc(C5CC5)nn4c(NC4CCC(O)CC4)c3-c3ccccc3)cc2)CCC1. The summed E-state index contributed by atoms with van der Waals surface area (Å²) in [7, 11) is 0. The smallest absolute Gasteiger partial charge is 0.254 e. The van der Waals surface area contributed by atoms with Gasteiger partial charge in [-0.05, 0) is 68.9 Å². The van der Waals surface area contributed by atoms with Gasteiger partial charge >= 0.3 is 0 Å². The second kappa shape index (κ2) is 8.92. The fraction of sp³-hybridized carbons (Fsp3) is 0.433. The molecule has 7 heteroatoms. The molecule has 7 nitrogen and oxygen atoms in total. The van der Waals surface area contributed by atoms with Gasteiger partial charge in [0.05, 0.1) is 17.4 Å². The number of nitrogens with two attached hydrogens (primary N) is 1. The molecule has 4 aromatic rings. The lowest BCUT2D eigenvalue weighted by Crippen LogP contribution is -2.43.